The molecule has 92 valence electrons. The van der Waals surface area contributed by atoms with Gasteiger partial charge in [0, 0.05) is 17.2 Å². The molecule has 1 aromatic carbocycles. The zero-order valence-corrected chi connectivity index (χ0v) is 10.6. The lowest BCUT2D eigenvalue weighted by Crippen LogP contribution is -1.99. The summed E-state index contributed by atoms with van der Waals surface area (Å²) in [6.45, 7) is 2.12. The van der Waals surface area contributed by atoms with Crippen LogP contribution < -0.4 is 0 Å². The number of rotatable bonds is 5. The summed E-state index contributed by atoms with van der Waals surface area (Å²) in [5.41, 5.74) is 0.351. The molecule has 0 saturated heterocycles. The molecule has 1 atom stereocenters. The third-order valence-corrected chi connectivity index (χ3v) is 3.29. The molecule has 1 nitrogen and oxygen atoms in total. The van der Waals surface area contributed by atoms with Crippen LogP contribution in [0.3, 0.4) is 0 Å². The smallest absolute Gasteiger partial charge is 0.169 e. The van der Waals surface area contributed by atoms with Crippen LogP contribution in [-0.2, 0) is 6.42 Å². The van der Waals surface area contributed by atoms with Crippen molar-refractivity contribution in [3.05, 3.63) is 35.8 Å². The van der Waals surface area contributed by atoms with Crippen LogP contribution in [0.4, 0.5) is 4.39 Å². The zero-order valence-electron chi connectivity index (χ0n) is 9.88. The summed E-state index contributed by atoms with van der Waals surface area (Å²) in [7, 11) is 0. The van der Waals surface area contributed by atoms with E-state index in [9.17, 15) is 4.39 Å². The van der Waals surface area contributed by atoms with Crippen LogP contribution in [-0.4, -0.2) is 5.38 Å². The first-order valence-electron chi connectivity index (χ1n) is 6.01. The lowest BCUT2D eigenvalue weighted by Gasteiger charge is -2.05. The number of halogens is 2. The number of hydrogen-bond donors (Lipinski definition) is 0. The second kappa shape index (κ2) is 5.54. The SMILES string of the molecule is CCCC(Cl)CCc1cc2cccc(F)c2o1. The van der Waals surface area contributed by atoms with Gasteiger partial charge in [0.1, 0.15) is 5.76 Å². The zero-order chi connectivity index (χ0) is 12.3. The highest BCUT2D eigenvalue weighted by molar-refractivity contribution is 6.20. The van der Waals surface area contributed by atoms with E-state index in [2.05, 4.69) is 6.92 Å². The normalized spacial score (nSPS) is 13.1. The summed E-state index contributed by atoms with van der Waals surface area (Å²) >= 11 is 6.15. The number of aryl methyl sites for hydroxylation is 1. The van der Waals surface area contributed by atoms with Gasteiger partial charge in [-0.15, -0.1) is 11.6 Å². The maximum atomic E-state index is 13.4. The lowest BCUT2D eigenvalue weighted by atomic mass is 10.1. The largest absolute Gasteiger partial charge is 0.458 e. The number of benzene rings is 1. The van der Waals surface area contributed by atoms with Crippen molar-refractivity contribution in [3.8, 4) is 0 Å². The number of fused-ring (bicyclic) bond motifs is 1. The minimum absolute atomic E-state index is 0.179. The number of hydrogen-bond acceptors (Lipinski definition) is 1. The first kappa shape index (κ1) is 12.4. The molecule has 17 heavy (non-hydrogen) atoms. The van der Waals surface area contributed by atoms with Gasteiger partial charge in [-0.2, -0.15) is 0 Å². The van der Waals surface area contributed by atoms with Crippen molar-refractivity contribution < 1.29 is 8.81 Å². The van der Waals surface area contributed by atoms with Crippen LogP contribution in [0.25, 0.3) is 11.0 Å². The van der Waals surface area contributed by atoms with Gasteiger partial charge in [0.2, 0.25) is 0 Å². The summed E-state index contributed by atoms with van der Waals surface area (Å²) in [4.78, 5) is 0. The quantitative estimate of drug-likeness (QED) is 0.691. The third-order valence-electron chi connectivity index (χ3n) is 2.85. The van der Waals surface area contributed by atoms with Crippen LogP contribution in [0, 0.1) is 5.82 Å². The van der Waals surface area contributed by atoms with Gasteiger partial charge in [-0.25, -0.2) is 4.39 Å². The monoisotopic (exact) mass is 254 g/mol. The Kier molecular flexibility index (Phi) is 4.06. The Morgan fingerprint density at radius 2 is 2.18 bits per heavy atom. The second-order valence-corrected chi connectivity index (χ2v) is 4.91. The van der Waals surface area contributed by atoms with Gasteiger partial charge < -0.3 is 4.42 Å². The highest BCUT2D eigenvalue weighted by atomic mass is 35.5. The van der Waals surface area contributed by atoms with E-state index in [0.717, 1.165) is 36.8 Å². The number of para-hydroxylation sites is 1. The van der Waals surface area contributed by atoms with Crippen LogP contribution >= 0.6 is 11.6 Å². The van der Waals surface area contributed by atoms with E-state index in [4.69, 9.17) is 16.0 Å². The lowest BCUT2D eigenvalue weighted by molar-refractivity contribution is 0.507. The van der Waals surface area contributed by atoms with E-state index >= 15 is 0 Å². The summed E-state index contributed by atoms with van der Waals surface area (Å²) in [6.07, 6.45) is 3.73. The Hall–Kier alpha value is -1.02. The summed E-state index contributed by atoms with van der Waals surface area (Å²) in [6, 6.07) is 6.86. The predicted octanol–water partition coefficient (Wildman–Crippen LogP) is 4.91. The van der Waals surface area contributed by atoms with Gasteiger partial charge >= 0.3 is 0 Å². The molecular formula is C14H16ClFO. The predicted molar refractivity (Wildman–Crippen MR) is 69.0 cm³/mol. The first-order valence-corrected chi connectivity index (χ1v) is 6.45. The summed E-state index contributed by atoms with van der Waals surface area (Å²) in [5, 5.41) is 1.000. The van der Waals surface area contributed by atoms with E-state index in [1.165, 1.54) is 6.07 Å². The van der Waals surface area contributed by atoms with Crippen molar-refractivity contribution >= 4 is 22.6 Å². The molecule has 0 spiro atoms. The standard InChI is InChI=1S/C14H16ClFO/c1-2-4-11(15)7-8-12-9-10-5-3-6-13(16)14(10)17-12/h3,5-6,9,11H,2,4,7-8H2,1H3. The number of furan rings is 1. The van der Waals surface area contributed by atoms with Gasteiger partial charge in [0.05, 0.1) is 0 Å². The average molecular weight is 255 g/mol. The van der Waals surface area contributed by atoms with Crippen molar-refractivity contribution in [1.29, 1.82) is 0 Å². The molecule has 3 heteroatoms. The van der Waals surface area contributed by atoms with Crippen molar-refractivity contribution in [1.82, 2.24) is 0 Å². The molecule has 1 unspecified atom stereocenters. The summed E-state index contributed by atoms with van der Waals surface area (Å²) < 4.78 is 18.9. The molecule has 0 N–H and O–H groups in total. The molecule has 0 amide bonds. The molecule has 1 heterocycles. The van der Waals surface area contributed by atoms with Crippen molar-refractivity contribution in [3.63, 3.8) is 0 Å². The molecular weight excluding hydrogens is 239 g/mol. The maximum Gasteiger partial charge on any atom is 0.169 e. The van der Waals surface area contributed by atoms with Crippen LogP contribution in [0.1, 0.15) is 31.9 Å². The molecule has 0 saturated carbocycles. The molecule has 0 bridgehead atoms. The van der Waals surface area contributed by atoms with Gasteiger partial charge in [-0.1, -0.05) is 25.5 Å². The molecule has 0 aliphatic carbocycles. The minimum Gasteiger partial charge on any atom is -0.458 e. The van der Waals surface area contributed by atoms with Gasteiger partial charge in [-0.3, -0.25) is 0 Å². The molecule has 2 rings (SSSR count). The Bertz CT molecular complexity index is 492. The average Bonchev–Trinajstić information content (AvgIpc) is 2.71. The molecule has 0 aliphatic heterocycles. The van der Waals surface area contributed by atoms with Crippen LogP contribution in [0.2, 0.25) is 0 Å². The molecule has 1 aromatic heterocycles. The highest BCUT2D eigenvalue weighted by Crippen LogP contribution is 2.24. The fourth-order valence-electron chi connectivity index (χ4n) is 1.96. The van der Waals surface area contributed by atoms with Crippen LogP contribution in [0.15, 0.2) is 28.7 Å². The van der Waals surface area contributed by atoms with E-state index in [0.29, 0.717) is 5.58 Å². The highest BCUT2D eigenvalue weighted by Gasteiger charge is 2.10. The molecule has 0 radical (unpaired) electrons. The van der Waals surface area contributed by atoms with Crippen LogP contribution in [0.5, 0.6) is 0 Å². The molecule has 0 fully saturated rings. The Morgan fingerprint density at radius 1 is 1.35 bits per heavy atom. The molecule has 2 aromatic rings. The van der Waals surface area contributed by atoms with E-state index < -0.39 is 0 Å². The Labute approximate surface area is 106 Å². The van der Waals surface area contributed by atoms with Crippen molar-refractivity contribution in [2.45, 2.75) is 38.0 Å². The summed E-state index contributed by atoms with van der Waals surface area (Å²) in [5.74, 6) is 0.511. The number of alkyl halides is 1. The Morgan fingerprint density at radius 3 is 2.88 bits per heavy atom. The Balaban J connectivity index is 2.07. The minimum atomic E-state index is -0.301. The first-order chi connectivity index (χ1) is 8.20. The van der Waals surface area contributed by atoms with E-state index in [-0.39, 0.29) is 11.2 Å². The fraction of sp³-hybridized carbons (Fsp3) is 0.429. The maximum absolute atomic E-state index is 13.4. The van der Waals surface area contributed by atoms with Gasteiger partial charge in [-0.05, 0) is 25.0 Å². The van der Waals surface area contributed by atoms with Gasteiger partial charge in [0.25, 0.3) is 0 Å². The third kappa shape index (κ3) is 3.01. The van der Waals surface area contributed by atoms with Crippen molar-refractivity contribution in [2.24, 2.45) is 0 Å². The second-order valence-electron chi connectivity index (χ2n) is 4.30. The topological polar surface area (TPSA) is 13.1 Å². The molecule has 0 aliphatic rings. The van der Waals surface area contributed by atoms with E-state index in [1.54, 1.807) is 6.07 Å². The van der Waals surface area contributed by atoms with Crippen molar-refractivity contribution in [2.75, 3.05) is 0 Å². The van der Waals surface area contributed by atoms with Gasteiger partial charge in [0.15, 0.2) is 11.4 Å². The van der Waals surface area contributed by atoms with E-state index in [1.807, 2.05) is 12.1 Å². The fourth-order valence-corrected chi connectivity index (χ4v) is 2.29.